The van der Waals surface area contributed by atoms with Crippen LogP contribution in [0.4, 0.5) is 4.39 Å². The molecule has 0 aliphatic rings. The SMILES string of the molecule is CC(CO)N(C)CC(=O)NCc1ccc(F)cc1. The van der Waals surface area contributed by atoms with Crippen molar-refractivity contribution in [3.63, 3.8) is 0 Å². The van der Waals surface area contributed by atoms with Crippen LogP contribution < -0.4 is 5.32 Å². The molecule has 4 nitrogen and oxygen atoms in total. The van der Waals surface area contributed by atoms with E-state index in [2.05, 4.69) is 5.32 Å². The smallest absolute Gasteiger partial charge is 0.234 e. The van der Waals surface area contributed by atoms with Crippen molar-refractivity contribution in [3.8, 4) is 0 Å². The molecule has 1 rings (SSSR count). The quantitative estimate of drug-likeness (QED) is 0.788. The number of nitrogens with zero attached hydrogens (tertiary/aromatic N) is 1. The number of carbonyl (C=O) groups is 1. The van der Waals surface area contributed by atoms with Gasteiger partial charge in [-0.05, 0) is 31.7 Å². The van der Waals surface area contributed by atoms with E-state index >= 15 is 0 Å². The summed E-state index contributed by atoms with van der Waals surface area (Å²) < 4.78 is 12.7. The highest BCUT2D eigenvalue weighted by atomic mass is 19.1. The van der Waals surface area contributed by atoms with Crippen LogP contribution in [0, 0.1) is 5.82 Å². The predicted molar refractivity (Wildman–Crippen MR) is 67.4 cm³/mol. The van der Waals surface area contributed by atoms with E-state index in [1.165, 1.54) is 12.1 Å². The molecule has 0 spiro atoms. The lowest BCUT2D eigenvalue weighted by Gasteiger charge is -2.21. The molecule has 1 aromatic rings. The second-order valence-electron chi connectivity index (χ2n) is 4.35. The number of rotatable bonds is 6. The Morgan fingerprint density at radius 2 is 2.06 bits per heavy atom. The molecule has 0 fully saturated rings. The summed E-state index contributed by atoms with van der Waals surface area (Å²) in [6, 6.07) is 5.94. The summed E-state index contributed by atoms with van der Waals surface area (Å²) in [6.45, 7) is 2.46. The lowest BCUT2D eigenvalue weighted by molar-refractivity contribution is -0.122. The van der Waals surface area contributed by atoms with E-state index in [-0.39, 0.29) is 30.9 Å². The van der Waals surface area contributed by atoms with Gasteiger partial charge in [0.2, 0.25) is 5.91 Å². The normalized spacial score (nSPS) is 12.5. The van der Waals surface area contributed by atoms with Crippen LogP contribution in [0.1, 0.15) is 12.5 Å². The molecule has 1 atom stereocenters. The summed E-state index contributed by atoms with van der Waals surface area (Å²) in [5.41, 5.74) is 0.850. The number of hydrogen-bond donors (Lipinski definition) is 2. The molecule has 0 aliphatic carbocycles. The van der Waals surface area contributed by atoms with Gasteiger partial charge < -0.3 is 10.4 Å². The van der Waals surface area contributed by atoms with Gasteiger partial charge in [-0.1, -0.05) is 12.1 Å². The van der Waals surface area contributed by atoms with E-state index in [1.807, 2.05) is 6.92 Å². The molecule has 5 heteroatoms. The number of nitrogens with one attached hydrogen (secondary N) is 1. The Kier molecular flexibility index (Phi) is 5.74. The van der Waals surface area contributed by atoms with E-state index in [9.17, 15) is 9.18 Å². The molecule has 100 valence electrons. The Morgan fingerprint density at radius 3 is 2.61 bits per heavy atom. The van der Waals surface area contributed by atoms with Crippen molar-refractivity contribution in [2.45, 2.75) is 19.5 Å². The summed E-state index contributed by atoms with van der Waals surface area (Å²) in [7, 11) is 1.78. The maximum absolute atomic E-state index is 12.7. The minimum absolute atomic E-state index is 0.0156. The Morgan fingerprint density at radius 1 is 1.44 bits per heavy atom. The van der Waals surface area contributed by atoms with Crippen molar-refractivity contribution < 1.29 is 14.3 Å². The van der Waals surface area contributed by atoms with E-state index < -0.39 is 0 Å². The van der Waals surface area contributed by atoms with Crippen molar-refractivity contribution in [1.82, 2.24) is 10.2 Å². The fourth-order valence-corrected chi connectivity index (χ4v) is 1.38. The van der Waals surface area contributed by atoms with Gasteiger partial charge in [-0.25, -0.2) is 4.39 Å². The molecular formula is C13H19FN2O2. The molecule has 0 saturated carbocycles. The van der Waals surface area contributed by atoms with Crippen molar-refractivity contribution >= 4 is 5.91 Å². The van der Waals surface area contributed by atoms with E-state index in [0.717, 1.165) is 5.56 Å². The standard InChI is InChI=1S/C13H19FN2O2/c1-10(9-17)16(2)8-13(18)15-7-11-3-5-12(14)6-4-11/h3-6,10,17H,7-9H2,1-2H3,(H,15,18). The molecule has 0 radical (unpaired) electrons. The van der Waals surface area contributed by atoms with Gasteiger partial charge in [-0.15, -0.1) is 0 Å². The first-order chi connectivity index (χ1) is 8.52. The number of hydrogen-bond acceptors (Lipinski definition) is 3. The van der Waals surface area contributed by atoms with Crippen molar-refractivity contribution in [2.24, 2.45) is 0 Å². The van der Waals surface area contributed by atoms with Crippen LogP contribution in [0.15, 0.2) is 24.3 Å². The van der Waals surface area contributed by atoms with E-state index in [0.29, 0.717) is 6.54 Å². The highest BCUT2D eigenvalue weighted by molar-refractivity contribution is 5.78. The summed E-state index contributed by atoms with van der Waals surface area (Å²) in [4.78, 5) is 13.4. The minimum atomic E-state index is -0.290. The molecule has 1 unspecified atom stereocenters. The van der Waals surface area contributed by atoms with Crippen LogP contribution in [0.2, 0.25) is 0 Å². The molecule has 1 amide bonds. The molecule has 0 aromatic heterocycles. The molecule has 2 N–H and O–H groups in total. The number of amides is 1. The Bertz CT molecular complexity index is 381. The first-order valence-electron chi connectivity index (χ1n) is 5.85. The Hall–Kier alpha value is -1.46. The summed E-state index contributed by atoms with van der Waals surface area (Å²) in [5.74, 6) is -0.413. The van der Waals surface area contributed by atoms with Crippen molar-refractivity contribution in [2.75, 3.05) is 20.2 Å². The second-order valence-corrected chi connectivity index (χ2v) is 4.35. The molecule has 0 saturated heterocycles. The first kappa shape index (κ1) is 14.6. The van der Waals surface area contributed by atoms with Crippen LogP contribution in [0.25, 0.3) is 0 Å². The number of aliphatic hydroxyl groups is 1. The predicted octanol–water partition coefficient (Wildman–Crippen LogP) is 0.754. The third kappa shape index (κ3) is 4.81. The van der Waals surface area contributed by atoms with Crippen LogP contribution in [-0.4, -0.2) is 42.2 Å². The van der Waals surface area contributed by atoms with Gasteiger partial charge >= 0.3 is 0 Å². The fraction of sp³-hybridized carbons (Fsp3) is 0.462. The summed E-state index contributed by atoms with van der Waals surface area (Å²) in [5, 5.41) is 11.7. The van der Waals surface area contributed by atoms with Crippen LogP contribution in [0.5, 0.6) is 0 Å². The van der Waals surface area contributed by atoms with Gasteiger partial charge in [0.05, 0.1) is 13.2 Å². The fourth-order valence-electron chi connectivity index (χ4n) is 1.38. The number of likely N-dealkylation sites (N-methyl/N-ethyl adjacent to an activating group) is 1. The van der Waals surface area contributed by atoms with Crippen LogP contribution in [0.3, 0.4) is 0 Å². The Balaban J connectivity index is 2.35. The van der Waals surface area contributed by atoms with Gasteiger partial charge in [0, 0.05) is 12.6 Å². The maximum Gasteiger partial charge on any atom is 0.234 e. The van der Waals surface area contributed by atoms with Crippen molar-refractivity contribution in [3.05, 3.63) is 35.6 Å². The first-order valence-corrected chi connectivity index (χ1v) is 5.85. The molecular weight excluding hydrogens is 235 g/mol. The third-order valence-corrected chi connectivity index (χ3v) is 2.81. The second kappa shape index (κ2) is 7.08. The zero-order chi connectivity index (χ0) is 13.5. The summed E-state index contributed by atoms with van der Waals surface area (Å²) in [6.07, 6.45) is 0. The van der Waals surface area contributed by atoms with Crippen LogP contribution >= 0.6 is 0 Å². The number of halogens is 1. The molecule has 0 heterocycles. The average molecular weight is 254 g/mol. The Labute approximate surface area is 106 Å². The number of benzene rings is 1. The highest BCUT2D eigenvalue weighted by Gasteiger charge is 2.11. The van der Waals surface area contributed by atoms with Gasteiger partial charge in [-0.2, -0.15) is 0 Å². The topological polar surface area (TPSA) is 52.6 Å². The molecule has 1 aromatic carbocycles. The van der Waals surface area contributed by atoms with Crippen LogP contribution in [-0.2, 0) is 11.3 Å². The molecule has 18 heavy (non-hydrogen) atoms. The van der Waals surface area contributed by atoms with E-state index in [4.69, 9.17) is 5.11 Å². The van der Waals surface area contributed by atoms with Gasteiger partial charge in [0.25, 0.3) is 0 Å². The maximum atomic E-state index is 12.7. The average Bonchev–Trinajstić information content (AvgIpc) is 2.37. The lowest BCUT2D eigenvalue weighted by atomic mass is 10.2. The van der Waals surface area contributed by atoms with Gasteiger partial charge in [0.15, 0.2) is 0 Å². The monoisotopic (exact) mass is 254 g/mol. The number of aliphatic hydroxyl groups excluding tert-OH is 1. The van der Waals surface area contributed by atoms with Gasteiger partial charge in [0.1, 0.15) is 5.82 Å². The minimum Gasteiger partial charge on any atom is -0.395 e. The lowest BCUT2D eigenvalue weighted by Crippen LogP contribution is -2.40. The largest absolute Gasteiger partial charge is 0.395 e. The van der Waals surface area contributed by atoms with E-state index in [1.54, 1.807) is 24.1 Å². The molecule has 0 aliphatic heterocycles. The number of carbonyl (C=O) groups excluding carboxylic acids is 1. The van der Waals surface area contributed by atoms with Crippen molar-refractivity contribution in [1.29, 1.82) is 0 Å². The zero-order valence-corrected chi connectivity index (χ0v) is 10.7. The molecule has 0 bridgehead atoms. The van der Waals surface area contributed by atoms with Gasteiger partial charge in [-0.3, -0.25) is 9.69 Å². The zero-order valence-electron chi connectivity index (χ0n) is 10.7. The summed E-state index contributed by atoms with van der Waals surface area (Å²) >= 11 is 0. The highest BCUT2D eigenvalue weighted by Crippen LogP contribution is 2.02. The third-order valence-electron chi connectivity index (χ3n) is 2.81.